The Bertz CT molecular complexity index is 332. The molecule has 5 nitrogen and oxygen atoms in total. The second kappa shape index (κ2) is 5.50. The molecule has 0 aromatic carbocycles. The van der Waals surface area contributed by atoms with E-state index in [0.717, 1.165) is 11.4 Å². The van der Waals surface area contributed by atoms with Crippen LogP contribution in [-0.2, 0) is 18.4 Å². The molecule has 0 fully saturated rings. The van der Waals surface area contributed by atoms with Crippen molar-refractivity contribution in [3.05, 3.63) is 17.5 Å². The Morgan fingerprint density at radius 3 is 2.87 bits per heavy atom. The molecule has 0 aliphatic heterocycles. The van der Waals surface area contributed by atoms with E-state index in [1.807, 2.05) is 31.6 Å². The van der Waals surface area contributed by atoms with Crippen molar-refractivity contribution in [2.75, 3.05) is 13.1 Å². The monoisotopic (exact) mass is 210 g/mol. The summed E-state index contributed by atoms with van der Waals surface area (Å²) in [6.45, 7) is 5.54. The van der Waals surface area contributed by atoms with E-state index in [4.69, 9.17) is 0 Å². The molecule has 0 radical (unpaired) electrons. The molecule has 1 amide bonds. The largest absolute Gasteiger partial charge is 0.355 e. The molecule has 84 valence electrons. The maximum Gasteiger partial charge on any atom is 0.233 e. The van der Waals surface area contributed by atoms with Crippen molar-refractivity contribution in [1.82, 2.24) is 20.4 Å². The summed E-state index contributed by atoms with van der Waals surface area (Å²) < 4.78 is 1.82. The molecule has 1 aromatic rings. The van der Waals surface area contributed by atoms with Gasteiger partial charge in [0, 0.05) is 20.1 Å². The zero-order chi connectivity index (χ0) is 11.3. The molecular formula is C10H18N4O. The lowest BCUT2D eigenvalue weighted by Gasteiger charge is -2.04. The van der Waals surface area contributed by atoms with Gasteiger partial charge in [-0.25, -0.2) is 0 Å². The lowest BCUT2D eigenvalue weighted by Crippen LogP contribution is -2.33. The predicted molar refractivity (Wildman–Crippen MR) is 58.3 cm³/mol. The van der Waals surface area contributed by atoms with E-state index in [2.05, 4.69) is 15.7 Å². The maximum absolute atomic E-state index is 11.1. The zero-order valence-electron chi connectivity index (χ0n) is 9.50. The maximum atomic E-state index is 11.1. The Morgan fingerprint density at radius 2 is 2.33 bits per heavy atom. The molecule has 5 heteroatoms. The van der Waals surface area contributed by atoms with Gasteiger partial charge in [0.15, 0.2) is 0 Å². The molecule has 2 N–H and O–H groups in total. The SMILES string of the molecule is CCNC(=O)CNCc1cc(C)nn1C. The second-order valence-electron chi connectivity index (χ2n) is 3.46. The van der Waals surface area contributed by atoms with Gasteiger partial charge in [0.05, 0.1) is 17.9 Å². The molecule has 0 unspecified atom stereocenters. The average Bonchev–Trinajstić information content (AvgIpc) is 2.46. The van der Waals surface area contributed by atoms with Crippen LogP contribution < -0.4 is 10.6 Å². The standard InChI is InChI=1S/C10H18N4O/c1-4-12-10(15)7-11-6-9-5-8(2)13-14(9)3/h5,11H,4,6-7H2,1-3H3,(H,12,15). The number of aryl methyl sites for hydroxylation is 2. The summed E-state index contributed by atoms with van der Waals surface area (Å²) in [5.74, 6) is 0.0244. The van der Waals surface area contributed by atoms with Crippen LogP contribution in [0.15, 0.2) is 6.07 Å². The molecule has 0 spiro atoms. The highest BCUT2D eigenvalue weighted by Gasteiger charge is 2.02. The van der Waals surface area contributed by atoms with Crippen molar-refractivity contribution in [1.29, 1.82) is 0 Å². The molecule has 0 aliphatic carbocycles. The zero-order valence-corrected chi connectivity index (χ0v) is 9.50. The Balaban J connectivity index is 2.31. The Labute approximate surface area is 89.9 Å². The highest BCUT2D eigenvalue weighted by atomic mass is 16.1. The molecule has 0 aliphatic rings. The Morgan fingerprint density at radius 1 is 1.60 bits per heavy atom. The van der Waals surface area contributed by atoms with E-state index in [0.29, 0.717) is 19.6 Å². The van der Waals surface area contributed by atoms with Crippen LogP contribution in [0.5, 0.6) is 0 Å². The molecule has 1 aromatic heterocycles. The van der Waals surface area contributed by atoms with Gasteiger partial charge in [0.2, 0.25) is 5.91 Å². The second-order valence-corrected chi connectivity index (χ2v) is 3.46. The summed E-state index contributed by atoms with van der Waals surface area (Å²) >= 11 is 0. The third kappa shape index (κ3) is 3.71. The van der Waals surface area contributed by atoms with Crippen molar-refractivity contribution in [3.8, 4) is 0 Å². The van der Waals surface area contributed by atoms with Gasteiger partial charge in [-0.3, -0.25) is 9.48 Å². The first-order chi connectivity index (χ1) is 7.13. The average molecular weight is 210 g/mol. The summed E-state index contributed by atoms with van der Waals surface area (Å²) in [5.41, 5.74) is 2.07. The summed E-state index contributed by atoms with van der Waals surface area (Å²) in [6, 6.07) is 2.00. The number of hydrogen-bond donors (Lipinski definition) is 2. The summed E-state index contributed by atoms with van der Waals surface area (Å²) in [4.78, 5) is 11.1. The third-order valence-electron chi connectivity index (χ3n) is 2.06. The molecule has 0 saturated heterocycles. The summed E-state index contributed by atoms with van der Waals surface area (Å²) in [7, 11) is 1.90. The van der Waals surface area contributed by atoms with E-state index < -0.39 is 0 Å². The topological polar surface area (TPSA) is 59.0 Å². The van der Waals surface area contributed by atoms with Gasteiger partial charge in [0.1, 0.15) is 0 Å². The minimum Gasteiger partial charge on any atom is -0.355 e. The van der Waals surface area contributed by atoms with Gasteiger partial charge in [-0.2, -0.15) is 5.10 Å². The number of carbonyl (C=O) groups excluding carboxylic acids is 1. The van der Waals surface area contributed by atoms with Crippen LogP contribution in [0.4, 0.5) is 0 Å². The molecular weight excluding hydrogens is 192 g/mol. The predicted octanol–water partition coefficient (Wildman–Crippen LogP) is -0.0458. The minimum atomic E-state index is 0.0244. The fraction of sp³-hybridized carbons (Fsp3) is 0.600. The van der Waals surface area contributed by atoms with Crippen molar-refractivity contribution in [2.24, 2.45) is 7.05 Å². The van der Waals surface area contributed by atoms with Crippen LogP contribution in [0.25, 0.3) is 0 Å². The minimum absolute atomic E-state index is 0.0244. The van der Waals surface area contributed by atoms with E-state index in [-0.39, 0.29) is 5.91 Å². The number of amides is 1. The third-order valence-corrected chi connectivity index (χ3v) is 2.06. The van der Waals surface area contributed by atoms with Gasteiger partial charge in [0.25, 0.3) is 0 Å². The van der Waals surface area contributed by atoms with Crippen LogP contribution in [0.2, 0.25) is 0 Å². The normalized spacial score (nSPS) is 10.3. The summed E-state index contributed by atoms with van der Waals surface area (Å²) in [5, 5.41) is 10.0. The molecule has 0 bridgehead atoms. The number of rotatable bonds is 5. The number of carbonyl (C=O) groups is 1. The van der Waals surface area contributed by atoms with Gasteiger partial charge in [-0.1, -0.05) is 0 Å². The Hall–Kier alpha value is -1.36. The van der Waals surface area contributed by atoms with Crippen LogP contribution in [-0.4, -0.2) is 28.8 Å². The quantitative estimate of drug-likeness (QED) is 0.716. The number of nitrogens with zero attached hydrogens (tertiary/aromatic N) is 2. The Kier molecular flexibility index (Phi) is 4.30. The van der Waals surface area contributed by atoms with Crippen molar-refractivity contribution in [2.45, 2.75) is 20.4 Å². The smallest absolute Gasteiger partial charge is 0.233 e. The first-order valence-electron chi connectivity index (χ1n) is 5.10. The van der Waals surface area contributed by atoms with Crippen LogP contribution >= 0.6 is 0 Å². The fourth-order valence-corrected chi connectivity index (χ4v) is 1.39. The van der Waals surface area contributed by atoms with Crippen molar-refractivity contribution >= 4 is 5.91 Å². The van der Waals surface area contributed by atoms with Crippen LogP contribution in [0.3, 0.4) is 0 Å². The summed E-state index contributed by atoms with van der Waals surface area (Å²) in [6.07, 6.45) is 0. The number of aromatic nitrogens is 2. The fourth-order valence-electron chi connectivity index (χ4n) is 1.39. The van der Waals surface area contributed by atoms with E-state index in [1.54, 1.807) is 0 Å². The molecule has 0 saturated carbocycles. The molecule has 1 rings (SSSR count). The number of likely N-dealkylation sites (N-methyl/N-ethyl adjacent to an activating group) is 1. The van der Waals surface area contributed by atoms with Crippen LogP contribution in [0.1, 0.15) is 18.3 Å². The lowest BCUT2D eigenvalue weighted by atomic mass is 10.3. The van der Waals surface area contributed by atoms with E-state index >= 15 is 0 Å². The highest BCUT2D eigenvalue weighted by Crippen LogP contribution is 2.00. The van der Waals surface area contributed by atoms with E-state index in [9.17, 15) is 4.79 Å². The van der Waals surface area contributed by atoms with Gasteiger partial charge in [-0.05, 0) is 19.9 Å². The van der Waals surface area contributed by atoms with Crippen molar-refractivity contribution < 1.29 is 4.79 Å². The lowest BCUT2D eigenvalue weighted by molar-refractivity contribution is -0.120. The van der Waals surface area contributed by atoms with Gasteiger partial charge >= 0.3 is 0 Å². The van der Waals surface area contributed by atoms with Crippen molar-refractivity contribution in [3.63, 3.8) is 0 Å². The molecule has 15 heavy (non-hydrogen) atoms. The van der Waals surface area contributed by atoms with Gasteiger partial charge in [-0.15, -0.1) is 0 Å². The number of nitrogens with one attached hydrogen (secondary N) is 2. The van der Waals surface area contributed by atoms with Gasteiger partial charge < -0.3 is 10.6 Å². The van der Waals surface area contributed by atoms with Crippen LogP contribution in [0, 0.1) is 6.92 Å². The first kappa shape index (κ1) is 11.7. The molecule has 1 heterocycles. The number of hydrogen-bond acceptors (Lipinski definition) is 3. The highest BCUT2D eigenvalue weighted by molar-refractivity contribution is 5.77. The molecule has 0 atom stereocenters. The van der Waals surface area contributed by atoms with E-state index in [1.165, 1.54) is 0 Å². The first-order valence-corrected chi connectivity index (χ1v) is 5.10.